The molecule has 0 atom stereocenters. The summed E-state index contributed by atoms with van der Waals surface area (Å²) in [7, 11) is 0. The summed E-state index contributed by atoms with van der Waals surface area (Å²) < 4.78 is 13.3. The van der Waals surface area contributed by atoms with E-state index >= 15 is 0 Å². The van der Waals surface area contributed by atoms with Gasteiger partial charge in [-0.05, 0) is 72.2 Å². The molecule has 0 saturated heterocycles. The predicted molar refractivity (Wildman–Crippen MR) is 249 cm³/mol. The lowest BCUT2D eigenvalue weighted by Gasteiger charge is -2.38. The Bertz CT molecular complexity index is 3610. The van der Waals surface area contributed by atoms with E-state index in [1.807, 2.05) is 12.1 Å². The normalized spacial score (nSPS) is 12.9. The Labute approximate surface area is 354 Å². The van der Waals surface area contributed by atoms with E-state index in [-0.39, 0.29) is 6.85 Å². The van der Waals surface area contributed by atoms with Gasteiger partial charge in [-0.25, -0.2) is 4.98 Å². The SMILES string of the molecule is c1cc(-c2nc(-n3c4ccccc4c4ccccc43)nc(-n3c4ccccc4c4ccccc43)n2)cc(N2c3cccc4c3B(c3ccccc3O4)n3c2nc2ccccc23)c1. The summed E-state index contributed by atoms with van der Waals surface area (Å²) in [5, 5.41) is 4.54. The maximum Gasteiger partial charge on any atom is 0.340 e. The molecular weight excluding hydrogens is 763 g/mol. The Kier molecular flexibility index (Phi) is 6.73. The minimum atomic E-state index is -0.126. The van der Waals surface area contributed by atoms with E-state index < -0.39 is 0 Å². The van der Waals surface area contributed by atoms with Gasteiger partial charge >= 0.3 is 6.85 Å². The molecule has 14 rings (SSSR count). The molecule has 4 aromatic heterocycles. The van der Waals surface area contributed by atoms with Crippen molar-refractivity contribution in [3.8, 4) is 34.8 Å². The fraction of sp³-hybridized carbons (Fsp3) is 0. The molecule has 6 heterocycles. The first-order chi connectivity index (χ1) is 30.8. The lowest BCUT2D eigenvalue weighted by atomic mass is 9.47. The third-order valence-electron chi connectivity index (χ3n) is 12.6. The summed E-state index contributed by atoms with van der Waals surface area (Å²) in [6.07, 6.45) is 0. The Hall–Kier alpha value is -8.50. The summed E-state index contributed by atoms with van der Waals surface area (Å²) >= 11 is 0. The highest BCUT2D eigenvalue weighted by Gasteiger charge is 2.43. The van der Waals surface area contributed by atoms with Gasteiger partial charge in [0.2, 0.25) is 17.8 Å². The van der Waals surface area contributed by atoms with Crippen molar-refractivity contribution < 1.29 is 4.74 Å². The van der Waals surface area contributed by atoms with Crippen molar-refractivity contribution in [1.29, 1.82) is 0 Å². The first kappa shape index (κ1) is 33.3. The largest absolute Gasteiger partial charge is 0.458 e. The molecule has 0 bridgehead atoms. The molecule has 12 aromatic rings. The summed E-state index contributed by atoms with van der Waals surface area (Å²) in [6.45, 7) is -0.126. The molecule has 10 heteroatoms. The number of nitrogens with zero attached hydrogens (tertiary/aromatic N) is 8. The quantitative estimate of drug-likeness (QED) is 0.165. The number of ether oxygens (including phenoxy) is 1. The molecule has 0 amide bonds. The van der Waals surface area contributed by atoms with Gasteiger partial charge in [-0.1, -0.05) is 121 Å². The summed E-state index contributed by atoms with van der Waals surface area (Å²) in [5.74, 6) is 4.12. The van der Waals surface area contributed by atoms with E-state index in [0.29, 0.717) is 17.7 Å². The predicted octanol–water partition coefficient (Wildman–Crippen LogP) is 10.6. The zero-order chi connectivity index (χ0) is 40.5. The van der Waals surface area contributed by atoms with Crippen molar-refractivity contribution in [3.05, 3.63) is 188 Å². The van der Waals surface area contributed by atoms with Crippen LogP contribution >= 0.6 is 0 Å². The van der Waals surface area contributed by atoms with Crippen LogP contribution in [0.1, 0.15) is 0 Å². The molecule has 2 aliphatic heterocycles. The molecule has 0 saturated carbocycles. The molecule has 8 aromatic carbocycles. The van der Waals surface area contributed by atoms with Crippen LogP contribution in [-0.4, -0.2) is 40.4 Å². The van der Waals surface area contributed by atoms with Crippen LogP contribution in [0.5, 0.6) is 11.5 Å². The summed E-state index contributed by atoms with van der Waals surface area (Å²) in [5.41, 5.74) is 11.0. The Morgan fingerprint density at radius 3 is 1.61 bits per heavy atom. The van der Waals surface area contributed by atoms with Gasteiger partial charge in [-0.15, -0.1) is 0 Å². The molecule has 62 heavy (non-hydrogen) atoms. The first-order valence-electron chi connectivity index (χ1n) is 20.8. The average molecular weight is 795 g/mol. The van der Waals surface area contributed by atoms with E-state index in [1.165, 1.54) is 0 Å². The molecule has 0 unspecified atom stereocenters. The topological polar surface area (TPSA) is 78.8 Å². The Balaban J connectivity index is 1.02. The molecule has 0 fully saturated rings. The van der Waals surface area contributed by atoms with Crippen LogP contribution in [0.3, 0.4) is 0 Å². The van der Waals surface area contributed by atoms with E-state index in [4.69, 9.17) is 24.7 Å². The minimum Gasteiger partial charge on any atom is -0.458 e. The lowest BCUT2D eigenvalue weighted by molar-refractivity contribution is 0.486. The molecule has 2 aliphatic rings. The first-order valence-corrected chi connectivity index (χ1v) is 20.8. The van der Waals surface area contributed by atoms with Crippen molar-refractivity contribution in [1.82, 2.24) is 33.5 Å². The number of anilines is 3. The maximum absolute atomic E-state index is 6.63. The number of aromatic nitrogens is 7. The number of imidazole rings is 1. The van der Waals surface area contributed by atoms with Crippen LogP contribution in [-0.2, 0) is 0 Å². The van der Waals surface area contributed by atoms with E-state index in [9.17, 15) is 0 Å². The van der Waals surface area contributed by atoms with Crippen molar-refractivity contribution >= 4 is 89.7 Å². The zero-order valence-electron chi connectivity index (χ0n) is 33.0. The second-order valence-electron chi connectivity index (χ2n) is 15.9. The standard InChI is InChI=1S/C52H31BN8O/c1-7-23-40-34(17-1)35-18-2-8-24-41(35)59(40)50-55-49(56-51(57-50)60-42-25-9-3-19-36(42)37-20-4-10-26-43(37)60)32-15-13-16-33(31-32)58-45-28-14-30-47-48(45)53(38-21-5-12-29-46(38)62-47)61-44-27-11-6-22-39(44)54-52(58)61/h1-31H. The lowest BCUT2D eigenvalue weighted by Crippen LogP contribution is -2.56. The fourth-order valence-corrected chi connectivity index (χ4v) is 9.98. The van der Waals surface area contributed by atoms with Gasteiger partial charge < -0.3 is 9.21 Å². The number of para-hydroxylation sites is 7. The number of fused-ring (bicyclic) bond motifs is 12. The van der Waals surface area contributed by atoms with Crippen LogP contribution in [0.25, 0.3) is 77.9 Å². The molecule has 0 N–H and O–H groups in total. The molecule has 9 nitrogen and oxygen atoms in total. The molecular formula is C52H31BN8O. The number of hydrogen-bond donors (Lipinski definition) is 0. The average Bonchev–Trinajstić information content (AvgIpc) is 3.99. The highest BCUT2D eigenvalue weighted by Crippen LogP contribution is 2.44. The van der Waals surface area contributed by atoms with E-state index in [0.717, 1.165) is 100.0 Å². The van der Waals surface area contributed by atoms with Gasteiger partial charge in [-0.3, -0.25) is 14.0 Å². The monoisotopic (exact) mass is 794 g/mol. The molecule has 288 valence electrons. The van der Waals surface area contributed by atoms with Gasteiger partial charge in [0.25, 0.3) is 0 Å². The molecule has 0 aliphatic carbocycles. The van der Waals surface area contributed by atoms with E-state index in [2.05, 4.69) is 194 Å². The van der Waals surface area contributed by atoms with Crippen LogP contribution < -0.4 is 20.6 Å². The third kappa shape index (κ3) is 4.57. The number of benzene rings is 8. The zero-order valence-corrected chi connectivity index (χ0v) is 33.0. The van der Waals surface area contributed by atoms with Crippen molar-refractivity contribution in [3.63, 3.8) is 0 Å². The Morgan fingerprint density at radius 1 is 0.435 bits per heavy atom. The van der Waals surface area contributed by atoms with Gasteiger partial charge in [0.05, 0.1) is 33.1 Å². The number of hydrogen-bond acceptors (Lipinski definition) is 6. The fourth-order valence-electron chi connectivity index (χ4n) is 9.98. The van der Waals surface area contributed by atoms with Crippen molar-refractivity contribution in [2.24, 2.45) is 0 Å². The van der Waals surface area contributed by atoms with Gasteiger partial charge in [0, 0.05) is 43.9 Å². The smallest absolute Gasteiger partial charge is 0.340 e. The highest BCUT2D eigenvalue weighted by molar-refractivity contribution is 6.88. The summed E-state index contributed by atoms with van der Waals surface area (Å²) in [6, 6.07) is 65.3. The van der Waals surface area contributed by atoms with Crippen LogP contribution in [0.4, 0.5) is 17.3 Å². The Morgan fingerprint density at radius 2 is 0.968 bits per heavy atom. The van der Waals surface area contributed by atoms with Crippen LogP contribution in [0.15, 0.2) is 188 Å². The van der Waals surface area contributed by atoms with E-state index in [1.54, 1.807) is 0 Å². The minimum absolute atomic E-state index is 0.126. The number of rotatable bonds is 4. The van der Waals surface area contributed by atoms with Gasteiger partial charge in [0.1, 0.15) is 11.5 Å². The second kappa shape index (κ2) is 12.5. The summed E-state index contributed by atoms with van der Waals surface area (Å²) in [4.78, 5) is 23.7. The highest BCUT2D eigenvalue weighted by atomic mass is 16.5. The molecule has 0 radical (unpaired) electrons. The third-order valence-corrected chi connectivity index (χ3v) is 12.6. The van der Waals surface area contributed by atoms with Crippen molar-refractivity contribution in [2.45, 2.75) is 0 Å². The van der Waals surface area contributed by atoms with Gasteiger partial charge in [-0.2, -0.15) is 15.0 Å². The maximum atomic E-state index is 6.63. The molecule has 0 spiro atoms. The van der Waals surface area contributed by atoms with Crippen LogP contribution in [0, 0.1) is 0 Å². The second-order valence-corrected chi connectivity index (χ2v) is 15.9. The van der Waals surface area contributed by atoms with Crippen LogP contribution in [0.2, 0.25) is 0 Å². The van der Waals surface area contributed by atoms with Crippen molar-refractivity contribution in [2.75, 3.05) is 4.90 Å². The van der Waals surface area contributed by atoms with Gasteiger partial charge in [0.15, 0.2) is 5.82 Å².